The number of carboxylic acid groups (broad SMARTS) is 1. The van der Waals surface area contributed by atoms with E-state index in [2.05, 4.69) is 10.00 Å². The second-order valence-corrected chi connectivity index (χ2v) is 4.65. The number of carboxylic acids is 1. The molecule has 2 rings (SSSR count). The minimum atomic E-state index is -0.869. The van der Waals surface area contributed by atoms with E-state index in [0.717, 1.165) is 31.6 Å². The zero-order chi connectivity index (χ0) is 11.7. The molecule has 0 aromatic carbocycles. The number of fused-ring (bicyclic) bond motifs is 1. The van der Waals surface area contributed by atoms with Crippen LogP contribution in [0.2, 0.25) is 0 Å². The predicted molar refractivity (Wildman–Crippen MR) is 74.0 cm³/mol. The Hall–Kier alpha value is -0.780. The summed E-state index contributed by atoms with van der Waals surface area (Å²) in [6, 6.07) is 0. The van der Waals surface area contributed by atoms with Gasteiger partial charge in [0.05, 0.1) is 11.9 Å². The van der Waals surface area contributed by atoms with Crippen LogP contribution in [0.4, 0.5) is 0 Å². The van der Waals surface area contributed by atoms with E-state index < -0.39 is 5.97 Å². The third-order valence-electron chi connectivity index (χ3n) is 3.03. The maximum atomic E-state index is 11.0. The van der Waals surface area contributed by atoms with Crippen LogP contribution in [-0.2, 0) is 13.0 Å². The highest BCUT2D eigenvalue weighted by Crippen LogP contribution is 2.23. The van der Waals surface area contributed by atoms with Crippen LogP contribution in [0.1, 0.15) is 22.5 Å². The van der Waals surface area contributed by atoms with Crippen molar-refractivity contribution >= 4 is 30.8 Å². The Bertz CT molecular complexity index is 407. The zero-order valence-corrected chi connectivity index (χ0v) is 12.1. The van der Waals surface area contributed by atoms with Crippen LogP contribution < -0.4 is 0 Å². The van der Waals surface area contributed by atoms with Gasteiger partial charge in [-0.25, -0.2) is 4.79 Å². The van der Waals surface area contributed by atoms with Crippen LogP contribution in [0, 0.1) is 5.92 Å². The monoisotopic (exact) mass is 295 g/mol. The number of nitrogens with zero attached hydrogens (tertiary/aromatic N) is 3. The van der Waals surface area contributed by atoms with Gasteiger partial charge in [-0.05, 0) is 32.9 Å². The predicted octanol–water partition coefficient (Wildman–Crippen LogP) is 1.55. The molecular formula is C11H19Cl2N3O2. The van der Waals surface area contributed by atoms with Crippen LogP contribution >= 0.6 is 24.8 Å². The van der Waals surface area contributed by atoms with E-state index in [4.69, 9.17) is 5.11 Å². The Morgan fingerprint density at radius 3 is 2.78 bits per heavy atom. The molecule has 1 aliphatic rings. The number of aromatic nitrogens is 2. The molecule has 0 bridgehead atoms. The highest BCUT2D eigenvalue weighted by atomic mass is 35.5. The lowest BCUT2D eigenvalue weighted by Gasteiger charge is -2.26. The first-order valence-corrected chi connectivity index (χ1v) is 5.50. The molecule has 0 radical (unpaired) electrons. The lowest BCUT2D eigenvalue weighted by molar-refractivity contribution is 0.0694. The van der Waals surface area contributed by atoms with E-state index in [1.165, 1.54) is 6.20 Å². The topological polar surface area (TPSA) is 58.4 Å². The van der Waals surface area contributed by atoms with Gasteiger partial charge in [-0.15, -0.1) is 24.8 Å². The maximum Gasteiger partial charge on any atom is 0.339 e. The summed E-state index contributed by atoms with van der Waals surface area (Å²) < 4.78 is 1.83. The quantitative estimate of drug-likeness (QED) is 0.919. The second kappa shape index (κ2) is 6.97. The van der Waals surface area contributed by atoms with Gasteiger partial charge in [-0.1, -0.05) is 0 Å². The Morgan fingerprint density at radius 1 is 1.56 bits per heavy atom. The molecule has 1 aliphatic heterocycles. The Labute approximate surface area is 119 Å². The van der Waals surface area contributed by atoms with Crippen LogP contribution in [0.5, 0.6) is 0 Å². The van der Waals surface area contributed by atoms with E-state index in [9.17, 15) is 4.79 Å². The molecule has 0 amide bonds. The van der Waals surface area contributed by atoms with Gasteiger partial charge in [0.1, 0.15) is 5.56 Å². The van der Waals surface area contributed by atoms with Crippen molar-refractivity contribution in [2.24, 2.45) is 5.92 Å². The maximum absolute atomic E-state index is 11.0. The van der Waals surface area contributed by atoms with Gasteiger partial charge in [0.25, 0.3) is 0 Å². The van der Waals surface area contributed by atoms with Crippen LogP contribution in [0.3, 0.4) is 0 Å². The van der Waals surface area contributed by atoms with Crippen molar-refractivity contribution in [3.05, 3.63) is 17.5 Å². The lowest BCUT2D eigenvalue weighted by Crippen LogP contribution is -2.29. The van der Waals surface area contributed by atoms with Gasteiger partial charge in [0, 0.05) is 13.1 Å². The number of halogens is 2. The third-order valence-corrected chi connectivity index (χ3v) is 3.03. The average molecular weight is 296 g/mol. The molecule has 1 N–H and O–H groups in total. The van der Waals surface area contributed by atoms with Gasteiger partial charge >= 0.3 is 5.97 Å². The van der Waals surface area contributed by atoms with Gasteiger partial charge in [0.15, 0.2) is 0 Å². The molecule has 1 aromatic rings. The van der Waals surface area contributed by atoms with Crippen LogP contribution in [-0.4, -0.2) is 46.4 Å². The summed E-state index contributed by atoms with van der Waals surface area (Å²) in [5.74, 6) is -0.330. The van der Waals surface area contributed by atoms with Crippen LogP contribution in [0.25, 0.3) is 0 Å². The van der Waals surface area contributed by atoms with E-state index in [1.807, 2.05) is 18.8 Å². The fourth-order valence-corrected chi connectivity index (χ4v) is 2.35. The fourth-order valence-electron chi connectivity index (χ4n) is 2.35. The summed E-state index contributed by atoms with van der Waals surface area (Å²) in [7, 11) is 4.09. The number of aromatic carboxylic acids is 1. The molecule has 104 valence electrons. The minimum absolute atomic E-state index is 0. The minimum Gasteiger partial charge on any atom is -0.478 e. The van der Waals surface area contributed by atoms with Gasteiger partial charge in [-0.3, -0.25) is 4.68 Å². The van der Waals surface area contributed by atoms with Crippen molar-refractivity contribution in [2.45, 2.75) is 19.4 Å². The molecule has 0 aliphatic carbocycles. The number of hydrogen-bond donors (Lipinski definition) is 1. The molecule has 18 heavy (non-hydrogen) atoms. The first kappa shape index (κ1) is 17.2. The molecule has 1 unspecified atom stereocenters. The van der Waals surface area contributed by atoms with E-state index in [-0.39, 0.29) is 24.8 Å². The smallest absolute Gasteiger partial charge is 0.339 e. The van der Waals surface area contributed by atoms with Crippen molar-refractivity contribution in [2.75, 3.05) is 20.6 Å². The molecule has 0 saturated carbocycles. The summed E-state index contributed by atoms with van der Waals surface area (Å²) in [5, 5.41) is 13.1. The van der Waals surface area contributed by atoms with Gasteiger partial charge in [-0.2, -0.15) is 5.10 Å². The molecule has 1 aromatic heterocycles. The highest BCUT2D eigenvalue weighted by molar-refractivity contribution is 5.88. The largest absolute Gasteiger partial charge is 0.478 e. The summed E-state index contributed by atoms with van der Waals surface area (Å²) >= 11 is 0. The molecule has 7 heteroatoms. The molecule has 5 nitrogen and oxygen atoms in total. The first-order chi connectivity index (χ1) is 7.58. The SMILES string of the molecule is CN(C)CC1CCn2ncc(C(=O)O)c2C1.Cl.Cl. The van der Waals surface area contributed by atoms with Gasteiger partial charge < -0.3 is 10.0 Å². The Kier molecular flexibility index (Phi) is 6.67. The zero-order valence-electron chi connectivity index (χ0n) is 10.5. The number of aryl methyl sites for hydroxylation is 1. The third kappa shape index (κ3) is 3.60. The van der Waals surface area contributed by atoms with Crippen molar-refractivity contribution in [1.82, 2.24) is 14.7 Å². The Balaban J connectivity index is 0.00000144. The first-order valence-electron chi connectivity index (χ1n) is 5.50. The summed E-state index contributed by atoms with van der Waals surface area (Å²) in [4.78, 5) is 13.1. The van der Waals surface area contributed by atoms with Crippen LogP contribution in [0.15, 0.2) is 6.20 Å². The number of rotatable bonds is 3. The van der Waals surface area contributed by atoms with Crippen molar-refractivity contribution in [3.63, 3.8) is 0 Å². The molecule has 1 atom stereocenters. The van der Waals surface area contributed by atoms with Gasteiger partial charge in [0.2, 0.25) is 0 Å². The average Bonchev–Trinajstić information content (AvgIpc) is 2.59. The van der Waals surface area contributed by atoms with E-state index in [1.54, 1.807) is 0 Å². The van der Waals surface area contributed by atoms with E-state index in [0.29, 0.717) is 11.5 Å². The van der Waals surface area contributed by atoms with Crippen molar-refractivity contribution in [3.8, 4) is 0 Å². The molecule has 2 heterocycles. The molecular weight excluding hydrogens is 277 g/mol. The number of hydrogen-bond acceptors (Lipinski definition) is 3. The summed E-state index contributed by atoms with van der Waals surface area (Å²) in [6.45, 7) is 1.84. The van der Waals surface area contributed by atoms with Crippen molar-refractivity contribution < 1.29 is 9.90 Å². The van der Waals surface area contributed by atoms with E-state index >= 15 is 0 Å². The molecule has 0 fully saturated rings. The highest BCUT2D eigenvalue weighted by Gasteiger charge is 2.25. The molecule has 0 saturated heterocycles. The summed E-state index contributed by atoms with van der Waals surface area (Å²) in [5.41, 5.74) is 1.24. The second-order valence-electron chi connectivity index (χ2n) is 4.65. The standard InChI is InChI=1S/C11H17N3O2.2ClH/c1-13(2)7-8-3-4-14-10(5-8)9(6-12-14)11(15)16;;/h6,8H,3-5,7H2,1-2H3,(H,15,16);2*1H. The Morgan fingerprint density at radius 2 is 2.22 bits per heavy atom. The normalized spacial score (nSPS) is 17.6. The summed E-state index contributed by atoms with van der Waals surface area (Å²) in [6.07, 6.45) is 3.36. The number of carbonyl (C=O) groups is 1. The fraction of sp³-hybridized carbons (Fsp3) is 0.636. The lowest BCUT2D eigenvalue weighted by atomic mass is 9.94. The van der Waals surface area contributed by atoms with Crippen molar-refractivity contribution in [1.29, 1.82) is 0 Å². The molecule has 0 spiro atoms.